The van der Waals surface area contributed by atoms with Crippen LogP contribution in [0.3, 0.4) is 0 Å². The quantitative estimate of drug-likeness (QED) is 0.780. The Labute approximate surface area is 136 Å². The molecule has 3 nitrogen and oxygen atoms in total. The summed E-state index contributed by atoms with van der Waals surface area (Å²) in [6, 6.07) is 11.3. The lowest BCUT2D eigenvalue weighted by atomic mass is 9.98. The molecule has 108 valence electrons. The van der Waals surface area contributed by atoms with Gasteiger partial charge in [0.25, 0.3) is 5.91 Å². The van der Waals surface area contributed by atoms with Crippen molar-refractivity contribution in [2.75, 3.05) is 12.3 Å². The molecule has 0 saturated heterocycles. The third kappa shape index (κ3) is 2.78. The first kappa shape index (κ1) is 14.4. The minimum Gasteiger partial charge on any atom is -0.399 e. The van der Waals surface area contributed by atoms with Crippen molar-refractivity contribution in [3.63, 3.8) is 0 Å². The SMILES string of the molecule is Nc1ccc2c(c1)CN(C(=O)c1cccc(Br)c1Cl)CC2. The van der Waals surface area contributed by atoms with Crippen molar-refractivity contribution in [2.24, 2.45) is 0 Å². The van der Waals surface area contributed by atoms with Gasteiger partial charge in [0.15, 0.2) is 0 Å². The van der Waals surface area contributed by atoms with Crippen LogP contribution >= 0.6 is 27.5 Å². The third-order valence-corrected chi connectivity index (χ3v) is 5.01. The highest BCUT2D eigenvalue weighted by molar-refractivity contribution is 9.10. The summed E-state index contributed by atoms with van der Waals surface area (Å²) in [5.74, 6) is -0.0469. The number of amides is 1. The normalized spacial score (nSPS) is 13.9. The Kier molecular flexibility index (Phi) is 3.91. The van der Waals surface area contributed by atoms with Crippen LogP contribution < -0.4 is 5.73 Å². The molecule has 0 aliphatic carbocycles. The number of carbonyl (C=O) groups is 1. The topological polar surface area (TPSA) is 46.3 Å². The van der Waals surface area contributed by atoms with Gasteiger partial charge in [-0.2, -0.15) is 0 Å². The Hall–Kier alpha value is -1.52. The van der Waals surface area contributed by atoms with E-state index in [2.05, 4.69) is 15.9 Å². The van der Waals surface area contributed by atoms with Crippen LogP contribution in [0.25, 0.3) is 0 Å². The second kappa shape index (κ2) is 5.70. The summed E-state index contributed by atoms with van der Waals surface area (Å²) in [6.45, 7) is 1.26. The zero-order chi connectivity index (χ0) is 15.0. The molecule has 0 atom stereocenters. The van der Waals surface area contributed by atoms with E-state index in [-0.39, 0.29) is 5.91 Å². The maximum atomic E-state index is 12.7. The second-order valence-corrected chi connectivity index (χ2v) is 6.34. The molecule has 0 bridgehead atoms. The molecule has 1 amide bonds. The van der Waals surface area contributed by atoms with Gasteiger partial charge in [0, 0.05) is 23.2 Å². The van der Waals surface area contributed by atoms with Crippen LogP contribution in [0.1, 0.15) is 21.5 Å². The standard InChI is InChI=1S/C16H14BrClN2O/c17-14-3-1-2-13(15(14)18)16(21)20-7-6-10-4-5-12(19)8-11(10)9-20/h1-5,8H,6-7,9,19H2. The number of nitrogen functional groups attached to an aromatic ring is 1. The number of nitrogens with zero attached hydrogens (tertiary/aromatic N) is 1. The van der Waals surface area contributed by atoms with Crippen molar-refractivity contribution in [1.82, 2.24) is 4.90 Å². The monoisotopic (exact) mass is 364 g/mol. The number of hydrogen-bond acceptors (Lipinski definition) is 2. The summed E-state index contributed by atoms with van der Waals surface area (Å²) in [7, 11) is 0. The molecule has 0 saturated carbocycles. The highest BCUT2D eigenvalue weighted by Crippen LogP contribution is 2.29. The molecular weight excluding hydrogens is 352 g/mol. The summed E-state index contributed by atoms with van der Waals surface area (Å²) in [4.78, 5) is 14.5. The van der Waals surface area contributed by atoms with E-state index in [1.807, 2.05) is 35.2 Å². The Bertz CT molecular complexity index is 717. The number of rotatable bonds is 1. The van der Waals surface area contributed by atoms with Gasteiger partial charge in [-0.05, 0) is 57.7 Å². The summed E-state index contributed by atoms with van der Waals surface area (Å²) >= 11 is 9.57. The number of nitrogens with two attached hydrogens (primary N) is 1. The average molecular weight is 366 g/mol. The fourth-order valence-corrected chi connectivity index (χ4v) is 3.16. The van der Waals surface area contributed by atoms with E-state index >= 15 is 0 Å². The fraction of sp³-hybridized carbons (Fsp3) is 0.188. The van der Waals surface area contributed by atoms with Gasteiger partial charge in [0.2, 0.25) is 0 Å². The van der Waals surface area contributed by atoms with Crippen LogP contribution in [0.5, 0.6) is 0 Å². The van der Waals surface area contributed by atoms with Crippen LogP contribution in [0.2, 0.25) is 5.02 Å². The molecule has 0 fully saturated rings. The van der Waals surface area contributed by atoms with Gasteiger partial charge in [0.05, 0.1) is 10.6 Å². The van der Waals surface area contributed by atoms with Crippen LogP contribution in [0.4, 0.5) is 5.69 Å². The van der Waals surface area contributed by atoms with E-state index in [0.717, 1.165) is 22.1 Å². The first-order chi connectivity index (χ1) is 10.1. The summed E-state index contributed by atoms with van der Waals surface area (Å²) in [5.41, 5.74) is 9.45. The average Bonchev–Trinajstić information content (AvgIpc) is 2.48. The van der Waals surface area contributed by atoms with Gasteiger partial charge in [-0.3, -0.25) is 4.79 Å². The molecule has 2 aromatic carbocycles. The molecule has 3 rings (SSSR count). The van der Waals surface area contributed by atoms with Gasteiger partial charge in [-0.15, -0.1) is 0 Å². The molecule has 0 radical (unpaired) electrons. The lowest BCUT2D eigenvalue weighted by Crippen LogP contribution is -2.36. The number of carbonyl (C=O) groups excluding carboxylic acids is 1. The Balaban J connectivity index is 1.89. The predicted molar refractivity (Wildman–Crippen MR) is 88.5 cm³/mol. The molecule has 1 aliphatic heterocycles. The van der Waals surface area contributed by atoms with Gasteiger partial charge in [-0.1, -0.05) is 23.7 Å². The number of hydrogen-bond donors (Lipinski definition) is 1. The molecule has 2 aromatic rings. The molecule has 1 aliphatic rings. The van der Waals surface area contributed by atoms with Gasteiger partial charge >= 0.3 is 0 Å². The third-order valence-electron chi connectivity index (χ3n) is 3.71. The Morgan fingerprint density at radius 2 is 2.05 bits per heavy atom. The molecular formula is C16H14BrClN2O. The number of benzene rings is 2. The van der Waals surface area contributed by atoms with Crippen molar-refractivity contribution in [2.45, 2.75) is 13.0 Å². The van der Waals surface area contributed by atoms with E-state index in [9.17, 15) is 4.79 Å². The molecule has 5 heteroatoms. The van der Waals surface area contributed by atoms with E-state index in [0.29, 0.717) is 23.7 Å². The lowest BCUT2D eigenvalue weighted by molar-refractivity contribution is 0.0735. The molecule has 1 heterocycles. The second-order valence-electron chi connectivity index (χ2n) is 5.11. The highest BCUT2D eigenvalue weighted by atomic mass is 79.9. The van der Waals surface area contributed by atoms with Crippen molar-refractivity contribution < 1.29 is 4.79 Å². The number of anilines is 1. The van der Waals surface area contributed by atoms with E-state index in [4.69, 9.17) is 17.3 Å². The molecule has 0 aromatic heterocycles. The van der Waals surface area contributed by atoms with Gasteiger partial charge < -0.3 is 10.6 Å². The fourth-order valence-electron chi connectivity index (χ4n) is 2.59. The Morgan fingerprint density at radius 1 is 1.24 bits per heavy atom. The van der Waals surface area contributed by atoms with Crippen molar-refractivity contribution in [1.29, 1.82) is 0 Å². The van der Waals surface area contributed by atoms with E-state index in [1.165, 1.54) is 5.56 Å². The summed E-state index contributed by atoms with van der Waals surface area (Å²) in [5, 5.41) is 0.459. The maximum absolute atomic E-state index is 12.7. The smallest absolute Gasteiger partial charge is 0.255 e. The van der Waals surface area contributed by atoms with Crippen molar-refractivity contribution in [3.05, 3.63) is 62.6 Å². The molecule has 0 unspecified atom stereocenters. The van der Waals surface area contributed by atoms with Crippen LogP contribution in [-0.4, -0.2) is 17.4 Å². The van der Waals surface area contributed by atoms with Crippen LogP contribution in [0, 0.1) is 0 Å². The number of fused-ring (bicyclic) bond motifs is 1. The zero-order valence-corrected chi connectivity index (χ0v) is 13.6. The highest BCUT2D eigenvalue weighted by Gasteiger charge is 2.23. The van der Waals surface area contributed by atoms with E-state index < -0.39 is 0 Å². The summed E-state index contributed by atoms with van der Waals surface area (Å²) in [6.07, 6.45) is 0.840. The lowest BCUT2D eigenvalue weighted by Gasteiger charge is -2.29. The first-order valence-electron chi connectivity index (χ1n) is 6.67. The zero-order valence-electron chi connectivity index (χ0n) is 11.3. The minimum absolute atomic E-state index is 0.0469. The predicted octanol–water partition coefficient (Wildman–Crippen LogP) is 3.88. The Morgan fingerprint density at radius 3 is 2.86 bits per heavy atom. The molecule has 0 spiro atoms. The molecule has 21 heavy (non-hydrogen) atoms. The number of halogens is 2. The van der Waals surface area contributed by atoms with Gasteiger partial charge in [0.1, 0.15) is 0 Å². The summed E-state index contributed by atoms with van der Waals surface area (Å²) < 4.78 is 0.733. The van der Waals surface area contributed by atoms with Gasteiger partial charge in [-0.25, -0.2) is 0 Å². The minimum atomic E-state index is -0.0469. The van der Waals surface area contributed by atoms with Crippen LogP contribution in [-0.2, 0) is 13.0 Å². The maximum Gasteiger partial charge on any atom is 0.255 e. The van der Waals surface area contributed by atoms with Crippen molar-refractivity contribution >= 4 is 39.1 Å². The first-order valence-corrected chi connectivity index (χ1v) is 7.84. The largest absolute Gasteiger partial charge is 0.399 e. The van der Waals surface area contributed by atoms with Crippen LogP contribution in [0.15, 0.2) is 40.9 Å². The molecule has 2 N–H and O–H groups in total. The van der Waals surface area contributed by atoms with Crippen molar-refractivity contribution in [3.8, 4) is 0 Å². The van der Waals surface area contributed by atoms with E-state index in [1.54, 1.807) is 6.07 Å².